The molecule has 0 fully saturated rings. The van der Waals surface area contributed by atoms with E-state index in [0.717, 1.165) is 22.5 Å². The number of nitrogens with zero attached hydrogens (tertiary/aromatic N) is 2. The predicted octanol–water partition coefficient (Wildman–Crippen LogP) is 4.94. The van der Waals surface area contributed by atoms with Gasteiger partial charge >= 0.3 is 5.97 Å². The zero-order chi connectivity index (χ0) is 17.3. The molecule has 0 bridgehead atoms. The SMILES string of the molecule is COC(=O)c1cc(-c2ccc(Cl)c(Cl)c2)n(-c2ccc(C)cc2)n1. The third-order valence-corrected chi connectivity index (χ3v) is 4.34. The van der Waals surface area contributed by atoms with Crippen LogP contribution in [0.4, 0.5) is 0 Å². The first-order valence-electron chi connectivity index (χ1n) is 7.20. The minimum atomic E-state index is -0.498. The van der Waals surface area contributed by atoms with Gasteiger partial charge in [0, 0.05) is 5.56 Å². The number of methoxy groups -OCH3 is 1. The lowest BCUT2D eigenvalue weighted by atomic mass is 10.1. The smallest absolute Gasteiger partial charge is 0.358 e. The van der Waals surface area contributed by atoms with Crippen molar-refractivity contribution in [1.82, 2.24) is 9.78 Å². The van der Waals surface area contributed by atoms with Gasteiger partial charge in [0.25, 0.3) is 0 Å². The Bertz CT molecular complexity index is 902. The Hall–Kier alpha value is -2.30. The summed E-state index contributed by atoms with van der Waals surface area (Å²) in [5.41, 5.74) is 3.71. The maximum absolute atomic E-state index is 11.9. The van der Waals surface area contributed by atoms with Crippen molar-refractivity contribution >= 4 is 29.2 Å². The van der Waals surface area contributed by atoms with E-state index in [2.05, 4.69) is 5.10 Å². The minimum absolute atomic E-state index is 0.221. The zero-order valence-electron chi connectivity index (χ0n) is 13.1. The number of carbonyl (C=O) groups is 1. The van der Waals surface area contributed by atoms with E-state index in [1.165, 1.54) is 7.11 Å². The molecule has 0 spiro atoms. The molecule has 4 nitrogen and oxygen atoms in total. The largest absolute Gasteiger partial charge is 0.464 e. The van der Waals surface area contributed by atoms with Crippen LogP contribution in [0.3, 0.4) is 0 Å². The molecule has 1 aromatic heterocycles. The van der Waals surface area contributed by atoms with Crippen LogP contribution in [-0.2, 0) is 4.74 Å². The first-order chi connectivity index (χ1) is 11.5. The van der Waals surface area contributed by atoms with Crippen molar-refractivity contribution in [3.63, 3.8) is 0 Å². The number of hydrogen-bond acceptors (Lipinski definition) is 3. The molecule has 0 N–H and O–H groups in total. The van der Waals surface area contributed by atoms with E-state index in [4.69, 9.17) is 27.9 Å². The number of halogens is 2. The first-order valence-corrected chi connectivity index (χ1v) is 7.96. The number of rotatable bonds is 3. The van der Waals surface area contributed by atoms with Gasteiger partial charge < -0.3 is 4.74 Å². The lowest BCUT2D eigenvalue weighted by Crippen LogP contribution is -2.04. The third-order valence-electron chi connectivity index (χ3n) is 3.60. The molecule has 0 aliphatic carbocycles. The Morgan fingerprint density at radius 3 is 2.38 bits per heavy atom. The molecule has 0 unspecified atom stereocenters. The summed E-state index contributed by atoms with van der Waals surface area (Å²) in [4.78, 5) is 11.9. The molecule has 2 aromatic carbocycles. The molecule has 122 valence electrons. The summed E-state index contributed by atoms with van der Waals surface area (Å²) in [6, 6.07) is 14.8. The fourth-order valence-electron chi connectivity index (χ4n) is 2.33. The maximum atomic E-state index is 11.9. The van der Waals surface area contributed by atoms with Gasteiger partial charge in [0.1, 0.15) is 0 Å². The molecule has 0 amide bonds. The highest BCUT2D eigenvalue weighted by molar-refractivity contribution is 6.42. The average molecular weight is 361 g/mol. The highest BCUT2D eigenvalue weighted by Crippen LogP contribution is 2.30. The monoisotopic (exact) mass is 360 g/mol. The molecule has 0 radical (unpaired) electrons. The van der Waals surface area contributed by atoms with Gasteiger partial charge in [0.15, 0.2) is 5.69 Å². The number of hydrogen-bond donors (Lipinski definition) is 0. The van der Waals surface area contributed by atoms with Gasteiger partial charge in [-0.1, -0.05) is 47.0 Å². The Kier molecular flexibility index (Phi) is 4.60. The molecule has 0 aliphatic heterocycles. The molecule has 0 saturated heterocycles. The van der Waals surface area contributed by atoms with Crippen LogP contribution in [0.2, 0.25) is 10.0 Å². The Morgan fingerprint density at radius 1 is 1.04 bits per heavy atom. The summed E-state index contributed by atoms with van der Waals surface area (Å²) >= 11 is 12.1. The van der Waals surface area contributed by atoms with Crippen LogP contribution in [0.15, 0.2) is 48.5 Å². The summed E-state index contributed by atoms with van der Waals surface area (Å²) in [5, 5.41) is 5.28. The number of ether oxygens (including phenoxy) is 1. The molecule has 3 aromatic rings. The van der Waals surface area contributed by atoms with Crippen molar-refractivity contribution in [1.29, 1.82) is 0 Å². The van der Waals surface area contributed by atoms with Crippen LogP contribution in [0.5, 0.6) is 0 Å². The summed E-state index contributed by atoms with van der Waals surface area (Å²) in [5.74, 6) is -0.498. The predicted molar refractivity (Wildman–Crippen MR) is 95.1 cm³/mol. The lowest BCUT2D eigenvalue weighted by Gasteiger charge is -2.08. The van der Waals surface area contributed by atoms with E-state index in [0.29, 0.717) is 10.0 Å². The van der Waals surface area contributed by atoms with Crippen molar-refractivity contribution in [2.24, 2.45) is 0 Å². The first kappa shape index (κ1) is 16.6. The Labute approximate surface area is 149 Å². The van der Waals surface area contributed by atoms with Crippen LogP contribution >= 0.6 is 23.2 Å². The van der Waals surface area contributed by atoms with Gasteiger partial charge in [-0.15, -0.1) is 0 Å². The van der Waals surface area contributed by atoms with Gasteiger partial charge in [-0.3, -0.25) is 0 Å². The van der Waals surface area contributed by atoms with Crippen LogP contribution in [0, 0.1) is 6.92 Å². The third kappa shape index (κ3) is 3.16. The zero-order valence-corrected chi connectivity index (χ0v) is 14.6. The number of carbonyl (C=O) groups excluding carboxylic acids is 1. The summed E-state index contributed by atoms with van der Waals surface area (Å²) in [7, 11) is 1.33. The van der Waals surface area contributed by atoms with Crippen molar-refractivity contribution in [3.8, 4) is 16.9 Å². The van der Waals surface area contributed by atoms with Gasteiger partial charge in [-0.25, -0.2) is 9.48 Å². The van der Waals surface area contributed by atoms with E-state index >= 15 is 0 Å². The van der Waals surface area contributed by atoms with Gasteiger partial charge in [-0.05, 0) is 37.3 Å². The number of benzene rings is 2. The molecule has 0 saturated carbocycles. The summed E-state index contributed by atoms with van der Waals surface area (Å²) in [6.07, 6.45) is 0. The Balaban J connectivity index is 2.19. The molecule has 1 heterocycles. The second kappa shape index (κ2) is 6.67. The van der Waals surface area contributed by atoms with E-state index in [9.17, 15) is 4.79 Å². The summed E-state index contributed by atoms with van der Waals surface area (Å²) < 4.78 is 6.46. The second-order valence-electron chi connectivity index (χ2n) is 5.28. The minimum Gasteiger partial charge on any atom is -0.464 e. The quantitative estimate of drug-likeness (QED) is 0.621. The second-order valence-corrected chi connectivity index (χ2v) is 6.10. The molecule has 0 aliphatic rings. The van der Waals surface area contributed by atoms with Crippen LogP contribution in [-0.4, -0.2) is 22.9 Å². The Morgan fingerprint density at radius 2 is 1.75 bits per heavy atom. The van der Waals surface area contributed by atoms with Gasteiger partial charge in [0.2, 0.25) is 0 Å². The van der Waals surface area contributed by atoms with E-state index in [-0.39, 0.29) is 5.69 Å². The highest BCUT2D eigenvalue weighted by Gasteiger charge is 2.17. The number of aryl methyl sites for hydroxylation is 1. The fourth-order valence-corrected chi connectivity index (χ4v) is 2.63. The van der Waals surface area contributed by atoms with Crippen LogP contribution in [0.1, 0.15) is 16.1 Å². The maximum Gasteiger partial charge on any atom is 0.358 e. The van der Waals surface area contributed by atoms with E-state index < -0.39 is 5.97 Å². The lowest BCUT2D eigenvalue weighted by molar-refractivity contribution is 0.0593. The van der Waals surface area contributed by atoms with Crippen molar-refractivity contribution in [3.05, 3.63) is 69.8 Å². The van der Waals surface area contributed by atoms with Crippen molar-refractivity contribution < 1.29 is 9.53 Å². The molecule has 6 heteroatoms. The van der Waals surface area contributed by atoms with Gasteiger partial charge in [-0.2, -0.15) is 5.10 Å². The van der Waals surface area contributed by atoms with Gasteiger partial charge in [0.05, 0.1) is 28.5 Å². The molecule has 3 rings (SSSR count). The number of aromatic nitrogens is 2. The summed E-state index contributed by atoms with van der Waals surface area (Å²) in [6.45, 7) is 2.01. The molecule has 24 heavy (non-hydrogen) atoms. The van der Waals surface area contributed by atoms with Crippen LogP contribution < -0.4 is 0 Å². The normalized spacial score (nSPS) is 10.7. The van der Waals surface area contributed by atoms with Crippen molar-refractivity contribution in [2.75, 3.05) is 7.11 Å². The molecular weight excluding hydrogens is 347 g/mol. The highest BCUT2D eigenvalue weighted by atomic mass is 35.5. The van der Waals surface area contributed by atoms with E-state index in [1.54, 1.807) is 22.9 Å². The van der Waals surface area contributed by atoms with Crippen LogP contribution in [0.25, 0.3) is 16.9 Å². The molecule has 0 atom stereocenters. The van der Waals surface area contributed by atoms with Crippen molar-refractivity contribution in [2.45, 2.75) is 6.92 Å². The topological polar surface area (TPSA) is 44.1 Å². The van der Waals surface area contributed by atoms with E-state index in [1.807, 2.05) is 37.3 Å². The standard InChI is InChI=1S/C18H14Cl2N2O2/c1-11-3-6-13(7-4-11)22-17(10-16(21-22)18(23)24-2)12-5-8-14(19)15(20)9-12/h3-10H,1-2H3. The number of esters is 1. The molecular formula is C18H14Cl2N2O2. The average Bonchev–Trinajstić information content (AvgIpc) is 3.02. The fraction of sp³-hybridized carbons (Fsp3) is 0.111.